The molecule has 0 bridgehead atoms. The molecule has 2 heterocycles. The van der Waals surface area contributed by atoms with E-state index in [9.17, 15) is 4.79 Å². The Kier molecular flexibility index (Phi) is 4.07. The predicted octanol–water partition coefficient (Wildman–Crippen LogP) is 4.09. The molecule has 0 saturated heterocycles. The molecule has 2 aromatic heterocycles. The molecule has 0 unspecified atom stereocenters. The van der Waals surface area contributed by atoms with E-state index in [-0.39, 0.29) is 5.91 Å². The van der Waals surface area contributed by atoms with Gasteiger partial charge in [-0.3, -0.25) is 4.79 Å². The molecule has 128 valence electrons. The van der Waals surface area contributed by atoms with Crippen LogP contribution in [-0.4, -0.2) is 20.7 Å². The molecule has 0 aliphatic heterocycles. The number of nitrogens with one attached hydrogen (secondary N) is 1. The van der Waals surface area contributed by atoms with Gasteiger partial charge in [-0.05, 0) is 54.6 Å². The Balaban J connectivity index is 1.51. The quantitative estimate of drug-likeness (QED) is 0.605. The van der Waals surface area contributed by atoms with Crippen molar-refractivity contribution in [2.45, 2.75) is 6.92 Å². The van der Waals surface area contributed by atoms with E-state index >= 15 is 0 Å². The van der Waals surface area contributed by atoms with Gasteiger partial charge < -0.3 is 14.3 Å². The average Bonchev–Trinajstić information content (AvgIpc) is 3.34. The van der Waals surface area contributed by atoms with Crippen LogP contribution < -0.4 is 5.32 Å². The lowest BCUT2D eigenvalue weighted by Crippen LogP contribution is -2.11. The van der Waals surface area contributed by atoms with Crippen molar-refractivity contribution in [3.63, 3.8) is 0 Å². The molecule has 4 rings (SSSR count). The maximum Gasteiger partial charge on any atom is 0.255 e. The molecule has 1 N–H and O–H groups in total. The summed E-state index contributed by atoms with van der Waals surface area (Å²) in [5, 5.41) is 10.7. The van der Waals surface area contributed by atoms with Gasteiger partial charge in [0.05, 0.1) is 0 Å². The van der Waals surface area contributed by atoms with Crippen LogP contribution >= 0.6 is 0 Å². The summed E-state index contributed by atoms with van der Waals surface area (Å²) in [6.45, 7) is 1.74. The van der Waals surface area contributed by atoms with E-state index in [1.54, 1.807) is 25.1 Å². The highest BCUT2D eigenvalue weighted by atomic mass is 16.4. The molecule has 4 aromatic rings. The van der Waals surface area contributed by atoms with Crippen molar-refractivity contribution < 1.29 is 9.21 Å². The number of anilines is 1. The van der Waals surface area contributed by atoms with E-state index in [1.807, 2.05) is 59.4 Å². The Morgan fingerprint density at radius 2 is 1.77 bits per heavy atom. The first-order valence-electron chi connectivity index (χ1n) is 8.14. The van der Waals surface area contributed by atoms with Gasteiger partial charge in [-0.15, -0.1) is 10.2 Å². The summed E-state index contributed by atoms with van der Waals surface area (Å²) < 4.78 is 7.41. The lowest BCUT2D eigenvalue weighted by molar-refractivity contribution is 0.102. The number of amides is 1. The van der Waals surface area contributed by atoms with Crippen molar-refractivity contribution in [2.75, 3.05) is 5.32 Å². The zero-order valence-corrected chi connectivity index (χ0v) is 14.1. The van der Waals surface area contributed by atoms with Crippen molar-refractivity contribution in [2.24, 2.45) is 0 Å². The molecule has 0 atom stereocenters. The second-order valence-electron chi connectivity index (χ2n) is 5.80. The molecule has 0 aliphatic carbocycles. The number of hydrogen-bond donors (Lipinski definition) is 1. The zero-order chi connectivity index (χ0) is 17.9. The number of aromatic nitrogens is 3. The van der Waals surface area contributed by atoms with Crippen LogP contribution in [0.25, 0.3) is 17.1 Å². The van der Waals surface area contributed by atoms with Crippen LogP contribution in [0, 0.1) is 6.92 Å². The summed E-state index contributed by atoms with van der Waals surface area (Å²) in [7, 11) is 0. The lowest BCUT2D eigenvalue weighted by atomic mass is 10.1. The molecule has 6 heteroatoms. The molecule has 1 amide bonds. The van der Waals surface area contributed by atoms with Gasteiger partial charge in [0.1, 0.15) is 0 Å². The number of carbonyl (C=O) groups excluding carboxylic acids is 1. The summed E-state index contributed by atoms with van der Waals surface area (Å²) in [6, 6.07) is 18.6. The highest BCUT2D eigenvalue weighted by Gasteiger charge is 2.10. The highest BCUT2D eigenvalue weighted by molar-refractivity contribution is 6.04. The van der Waals surface area contributed by atoms with E-state index in [2.05, 4.69) is 15.5 Å². The zero-order valence-electron chi connectivity index (χ0n) is 14.1. The first kappa shape index (κ1) is 15.8. The minimum Gasteiger partial charge on any atom is -0.421 e. The molecule has 6 nitrogen and oxygen atoms in total. The number of rotatable bonds is 4. The summed E-state index contributed by atoms with van der Waals surface area (Å²) >= 11 is 0. The minimum atomic E-state index is -0.178. The molecule has 0 radical (unpaired) electrons. The lowest BCUT2D eigenvalue weighted by Gasteiger charge is -2.08. The van der Waals surface area contributed by atoms with Crippen molar-refractivity contribution in [3.8, 4) is 17.1 Å². The number of nitrogens with zero attached hydrogens (tertiary/aromatic N) is 3. The van der Waals surface area contributed by atoms with Gasteiger partial charge in [-0.25, -0.2) is 0 Å². The number of aryl methyl sites for hydroxylation is 1. The largest absolute Gasteiger partial charge is 0.421 e. The van der Waals surface area contributed by atoms with E-state index in [4.69, 9.17) is 4.42 Å². The second-order valence-corrected chi connectivity index (χ2v) is 5.80. The first-order valence-corrected chi connectivity index (χ1v) is 8.14. The van der Waals surface area contributed by atoms with E-state index in [0.29, 0.717) is 23.0 Å². The molecular formula is C20H16N4O2. The molecule has 0 aliphatic rings. The van der Waals surface area contributed by atoms with E-state index in [1.165, 1.54) is 0 Å². The summed E-state index contributed by atoms with van der Waals surface area (Å²) in [6.07, 6.45) is 3.92. The first-order chi connectivity index (χ1) is 12.7. The number of benzene rings is 2. The fourth-order valence-corrected chi connectivity index (χ4v) is 2.64. The fourth-order valence-electron chi connectivity index (χ4n) is 2.64. The monoisotopic (exact) mass is 344 g/mol. The second kappa shape index (κ2) is 6.68. The Hall–Kier alpha value is -3.67. The van der Waals surface area contributed by atoms with Crippen LogP contribution in [-0.2, 0) is 0 Å². The number of hydrogen-bond acceptors (Lipinski definition) is 4. The van der Waals surface area contributed by atoms with Crippen LogP contribution in [0.1, 0.15) is 16.2 Å². The molecule has 0 saturated carbocycles. The SMILES string of the molecule is Cc1nnc(-c2cccc(NC(=O)c3ccc(-n4cccc4)cc3)c2)o1. The molecule has 2 aromatic carbocycles. The predicted molar refractivity (Wildman–Crippen MR) is 98.2 cm³/mol. The highest BCUT2D eigenvalue weighted by Crippen LogP contribution is 2.22. The summed E-state index contributed by atoms with van der Waals surface area (Å²) in [5.41, 5.74) is 3.00. The van der Waals surface area contributed by atoms with Crippen molar-refractivity contribution in [1.82, 2.24) is 14.8 Å². The van der Waals surface area contributed by atoms with Gasteiger partial charge in [0.15, 0.2) is 0 Å². The summed E-state index contributed by atoms with van der Waals surface area (Å²) in [5.74, 6) is 0.745. The fraction of sp³-hybridized carbons (Fsp3) is 0.0500. The van der Waals surface area contributed by atoms with Crippen LogP contribution in [0.15, 0.2) is 77.5 Å². The Labute approximate surface area is 150 Å². The van der Waals surface area contributed by atoms with Crippen LogP contribution in [0.4, 0.5) is 5.69 Å². The van der Waals surface area contributed by atoms with Crippen LogP contribution in [0.2, 0.25) is 0 Å². The molecule has 0 fully saturated rings. The van der Waals surface area contributed by atoms with Crippen LogP contribution in [0.3, 0.4) is 0 Å². The standard InChI is InChI=1S/C20H16N4O2/c1-14-22-23-20(26-14)16-5-4-6-17(13-16)21-19(25)15-7-9-18(10-8-15)24-11-2-3-12-24/h2-13H,1H3,(H,21,25). The van der Waals surface area contributed by atoms with Crippen molar-refractivity contribution in [3.05, 3.63) is 84.5 Å². The molecule has 0 spiro atoms. The smallest absolute Gasteiger partial charge is 0.255 e. The molecular weight excluding hydrogens is 328 g/mol. The van der Waals surface area contributed by atoms with Gasteiger partial charge in [0, 0.05) is 41.8 Å². The Morgan fingerprint density at radius 3 is 2.46 bits per heavy atom. The normalized spacial score (nSPS) is 10.7. The van der Waals surface area contributed by atoms with Crippen molar-refractivity contribution in [1.29, 1.82) is 0 Å². The Bertz CT molecular complexity index is 1030. The minimum absolute atomic E-state index is 0.178. The maximum absolute atomic E-state index is 12.5. The topological polar surface area (TPSA) is 73.0 Å². The van der Waals surface area contributed by atoms with Gasteiger partial charge in [0.25, 0.3) is 5.91 Å². The molecule has 26 heavy (non-hydrogen) atoms. The Morgan fingerprint density at radius 1 is 1.00 bits per heavy atom. The van der Waals surface area contributed by atoms with Gasteiger partial charge in [-0.2, -0.15) is 0 Å². The average molecular weight is 344 g/mol. The van der Waals surface area contributed by atoms with Gasteiger partial charge >= 0.3 is 0 Å². The maximum atomic E-state index is 12.5. The third kappa shape index (κ3) is 3.25. The summed E-state index contributed by atoms with van der Waals surface area (Å²) in [4.78, 5) is 12.5. The van der Waals surface area contributed by atoms with E-state index in [0.717, 1.165) is 11.3 Å². The van der Waals surface area contributed by atoms with E-state index < -0.39 is 0 Å². The van der Waals surface area contributed by atoms with Gasteiger partial charge in [-0.1, -0.05) is 6.07 Å². The van der Waals surface area contributed by atoms with Crippen LogP contribution in [0.5, 0.6) is 0 Å². The number of carbonyl (C=O) groups is 1. The van der Waals surface area contributed by atoms with Crippen molar-refractivity contribution >= 4 is 11.6 Å². The third-order valence-corrected chi connectivity index (χ3v) is 3.93. The van der Waals surface area contributed by atoms with Gasteiger partial charge in [0.2, 0.25) is 11.8 Å². The third-order valence-electron chi connectivity index (χ3n) is 3.93.